The third kappa shape index (κ3) is 3.04. The number of carbonyl (C=O) groups excluding carboxylic acids is 1. The fourth-order valence-electron chi connectivity index (χ4n) is 1.83. The van der Waals surface area contributed by atoms with E-state index in [1.54, 1.807) is 6.07 Å². The average Bonchev–Trinajstić information content (AvgIpc) is 2.49. The molecule has 0 fully saturated rings. The predicted octanol–water partition coefficient (Wildman–Crippen LogP) is 1.65. The molecule has 0 radical (unpaired) electrons. The van der Waals surface area contributed by atoms with Gasteiger partial charge in [-0.2, -0.15) is 5.26 Å². The molecule has 0 bridgehead atoms. The second-order valence-electron chi connectivity index (χ2n) is 4.35. The van der Waals surface area contributed by atoms with Crippen LogP contribution in [0.2, 0.25) is 0 Å². The number of pyridine rings is 1. The molecular formula is C14H8FN3O4. The number of ketones is 1. The van der Waals surface area contributed by atoms with Crippen molar-refractivity contribution < 1.29 is 14.1 Å². The van der Waals surface area contributed by atoms with Gasteiger partial charge >= 0.3 is 0 Å². The second kappa shape index (κ2) is 5.97. The molecule has 110 valence electrons. The lowest BCUT2D eigenvalue weighted by Crippen LogP contribution is -2.26. The van der Waals surface area contributed by atoms with Crippen LogP contribution in [0, 0.1) is 27.3 Å². The van der Waals surface area contributed by atoms with Gasteiger partial charge in [0, 0.05) is 11.6 Å². The fourth-order valence-corrected chi connectivity index (χ4v) is 1.83. The summed E-state index contributed by atoms with van der Waals surface area (Å²) in [6.45, 7) is -0.529. The molecule has 0 unspecified atom stereocenters. The molecule has 1 heterocycles. The van der Waals surface area contributed by atoms with Crippen molar-refractivity contribution in [3.05, 3.63) is 73.9 Å². The van der Waals surface area contributed by atoms with Crippen molar-refractivity contribution in [3.8, 4) is 6.07 Å². The molecule has 0 saturated heterocycles. The van der Waals surface area contributed by atoms with Gasteiger partial charge in [0.25, 0.3) is 11.2 Å². The number of rotatable bonds is 4. The van der Waals surface area contributed by atoms with E-state index >= 15 is 0 Å². The molecule has 2 aromatic rings. The van der Waals surface area contributed by atoms with E-state index in [-0.39, 0.29) is 5.56 Å². The Kier molecular flexibility index (Phi) is 4.08. The van der Waals surface area contributed by atoms with Gasteiger partial charge in [0.15, 0.2) is 5.78 Å². The van der Waals surface area contributed by atoms with Gasteiger partial charge in [-0.3, -0.25) is 24.3 Å². The standard InChI is InChI=1S/C14H8FN3O4/c15-11-3-1-2-9(4-11)13(19)8-17-7-12(18(21)22)5-10(6-16)14(17)20/h1-5,7H,8H2. The first kappa shape index (κ1) is 15.1. The van der Waals surface area contributed by atoms with Crippen LogP contribution in [0.1, 0.15) is 15.9 Å². The van der Waals surface area contributed by atoms with Crippen LogP contribution >= 0.6 is 0 Å². The summed E-state index contributed by atoms with van der Waals surface area (Å²) in [5, 5.41) is 19.6. The zero-order chi connectivity index (χ0) is 16.3. The number of carbonyl (C=O) groups is 1. The highest BCUT2D eigenvalue weighted by Crippen LogP contribution is 2.11. The van der Waals surface area contributed by atoms with Gasteiger partial charge in [0.2, 0.25) is 0 Å². The van der Waals surface area contributed by atoms with Crippen molar-refractivity contribution in [2.75, 3.05) is 0 Å². The normalized spacial score (nSPS) is 10.0. The second-order valence-corrected chi connectivity index (χ2v) is 4.35. The number of aromatic nitrogens is 1. The lowest BCUT2D eigenvalue weighted by Gasteiger charge is -2.06. The molecule has 0 aliphatic rings. The van der Waals surface area contributed by atoms with E-state index < -0.39 is 39.9 Å². The van der Waals surface area contributed by atoms with Gasteiger partial charge in [0.05, 0.1) is 17.7 Å². The Labute approximate surface area is 123 Å². The third-order valence-corrected chi connectivity index (χ3v) is 2.86. The van der Waals surface area contributed by atoms with Crippen LogP contribution in [0.15, 0.2) is 41.3 Å². The van der Waals surface area contributed by atoms with Gasteiger partial charge in [-0.15, -0.1) is 0 Å². The molecule has 0 amide bonds. The Balaban J connectivity index is 2.43. The molecule has 2 rings (SSSR count). The molecular weight excluding hydrogens is 293 g/mol. The van der Waals surface area contributed by atoms with Crippen molar-refractivity contribution in [2.45, 2.75) is 6.54 Å². The van der Waals surface area contributed by atoms with E-state index in [1.807, 2.05) is 0 Å². The monoisotopic (exact) mass is 301 g/mol. The van der Waals surface area contributed by atoms with Gasteiger partial charge in [-0.1, -0.05) is 12.1 Å². The minimum atomic E-state index is -0.821. The van der Waals surface area contributed by atoms with E-state index in [0.717, 1.165) is 29.0 Å². The van der Waals surface area contributed by atoms with E-state index in [4.69, 9.17) is 5.26 Å². The molecule has 1 aromatic heterocycles. The molecule has 0 aliphatic heterocycles. The Morgan fingerprint density at radius 2 is 2.14 bits per heavy atom. The lowest BCUT2D eigenvalue weighted by atomic mass is 10.1. The minimum Gasteiger partial charge on any atom is -0.300 e. The van der Waals surface area contributed by atoms with Crippen LogP contribution in [0.25, 0.3) is 0 Å². The summed E-state index contributed by atoms with van der Waals surface area (Å²) in [6, 6.07) is 7.23. The largest absolute Gasteiger partial charge is 0.300 e. The number of Topliss-reactive ketones (excluding diaryl/α,β-unsaturated/α-hetero) is 1. The number of hydrogen-bond acceptors (Lipinski definition) is 5. The maximum atomic E-state index is 13.1. The summed E-state index contributed by atoms with van der Waals surface area (Å²) in [7, 11) is 0. The average molecular weight is 301 g/mol. The minimum absolute atomic E-state index is 0.0249. The number of hydrogen-bond donors (Lipinski definition) is 0. The van der Waals surface area contributed by atoms with Crippen LogP contribution in [0.4, 0.5) is 10.1 Å². The highest BCUT2D eigenvalue weighted by atomic mass is 19.1. The van der Waals surface area contributed by atoms with E-state index in [0.29, 0.717) is 0 Å². The first-order valence-electron chi connectivity index (χ1n) is 6.00. The quantitative estimate of drug-likeness (QED) is 0.485. The molecule has 0 spiro atoms. The molecule has 0 aliphatic carbocycles. The molecule has 0 atom stereocenters. The van der Waals surface area contributed by atoms with E-state index in [9.17, 15) is 24.1 Å². The topological polar surface area (TPSA) is 106 Å². The number of nitriles is 1. The third-order valence-electron chi connectivity index (χ3n) is 2.86. The van der Waals surface area contributed by atoms with Crippen molar-refractivity contribution >= 4 is 11.5 Å². The number of nitro groups is 1. The van der Waals surface area contributed by atoms with Crippen LogP contribution in [-0.4, -0.2) is 15.3 Å². The molecule has 1 aromatic carbocycles. The van der Waals surface area contributed by atoms with Crippen molar-refractivity contribution in [1.29, 1.82) is 5.26 Å². The van der Waals surface area contributed by atoms with Crippen molar-refractivity contribution in [1.82, 2.24) is 4.57 Å². The summed E-state index contributed by atoms with van der Waals surface area (Å²) in [5.74, 6) is -1.22. The van der Waals surface area contributed by atoms with Crippen LogP contribution in [0.5, 0.6) is 0 Å². The van der Waals surface area contributed by atoms with Gasteiger partial charge in [-0.25, -0.2) is 4.39 Å². The maximum Gasteiger partial charge on any atom is 0.287 e. The SMILES string of the molecule is N#Cc1cc([N+](=O)[O-])cn(CC(=O)c2cccc(F)c2)c1=O. The van der Waals surface area contributed by atoms with E-state index in [2.05, 4.69) is 0 Å². The molecule has 8 heteroatoms. The number of benzene rings is 1. The summed E-state index contributed by atoms with van der Waals surface area (Å²) >= 11 is 0. The summed E-state index contributed by atoms with van der Waals surface area (Å²) in [5.41, 5.74) is -1.72. The highest BCUT2D eigenvalue weighted by Gasteiger charge is 2.16. The predicted molar refractivity (Wildman–Crippen MR) is 72.8 cm³/mol. The van der Waals surface area contributed by atoms with Crippen molar-refractivity contribution in [2.24, 2.45) is 0 Å². The van der Waals surface area contributed by atoms with Gasteiger partial charge in [0.1, 0.15) is 17.4 Å². The lowest BCUT2D eigenvalue weighted by molar-refractivity contribution is -0.385. The van der Waals surface area contributed by atoms with E-state index in [1.165, 1.54) is 12.1 Å². The maximum absolute atomic E-state index is 13.1. The molecule has 7 nitrogen and oxygen atoms in total. The van der Waals surface area contributed by atoms with Gasteiger partial charge in [-0.05, 0) is 12.1 Å². The summed E-state index contributed by atoms with van der Waals surface area (Å²) < 4.78 is 13.8. The van der Waals surface area contributed by atoms with Crippen LogP contribution < -0.4 is 5.56 Å². The molecule has 0 N–H and O–H groups in total. The first-order chi connectivity index (χ1) is 10.4. The Bertz CT molecular complexity index is 867. The first-order valence-corrected chi connectivity index (χ1v) is 6.00. The zero-order valence-corrected chi connectivity index (χ0v) is 11.0. The highest BCUT2D eigenvalue weighted by molar-refractivity contribution is 5.95. The number of nitrogens with zero attached hydrogens (tertiary/aromatic N) is 3. The number of halogens is 1. The fraction of sp³-hybridized carbons (Fsp3) is 0.0714. The smallest absolute Gasteiger partial charge is 0.287 e. The zero-order valence-electron chi connectivity index (χ0n) is 11.0. The van der Waals surface area contributed by atoms with Crippen molar-refractivity contribution in [3.63, 3.8) is 0 Å². The Hall–Kier alpha value is -3.34. The Morgan fingerprint density at radius 3 is 2.73 bits per heavy atom. The van der Waals surface area contributed by atoms with Crippen LogP contribution in [0.3, 0.4) is 0 Å². The summed E-state index contributed by atoms with van der Waals surface area (Å²) in [6.07, 6.45) is 0.875. The Morgan fingerprint density at radius 1 is 1.41 bits per heavy atom. The van der Waals surface area contributed by atoms with Gasteiger partial charge < -0.3 is 0 Å². The van der Waals surface area contributed by atoms with Crippen LogP contribution in [-0.2, 0) is 6.54 Å². The molecule has 0 saturated carbocycles. The summed E-state index contributed by atoms with van der Waals surface area (Å²) in [4.78, 5) is 33.9. The molecule has 22 heavy (non-hydrogen) atoms.